The average Bonchev–Trinajstić information content (AvgIpc) is 2.99. The van der Waals surface area contributed by atoms with Crippen molar-refractivity contribution in [3.8, 4) is 11.1 Å². The maximum Gasteiger partial charge on any atom is 0.410 e. The number of pyridine rings is 1. The van der Waals surface area contributed by atoms with Crippen LogP contribution in [-0.2, 0) is 16.0 Å². The number of aliphatic hydroxyl groups excluding tert-OH is 2. The Morgan fingerprint density at radius 1 is 1.02 bits per heavy atom. The Labute approximate surface area is 257 Å². The van der Waals surface area contributed by atoms with Crippen molar-refractivity contribution in [1.82, 2.24) is 9.88 Å². The van der Waals surface area contributed by atoms with E-state index in [4.69, 9.17) is 4.74 Å². The fourth-order valence-electron chi connectivity index (χ4n) is 4.61. The van der Waals surface area contributed by atoms with Crippen LogP contribution < -0.4 is 4.31 Å². The van der Waals surface area contributed by atoms with Crippen molar-refractivity contribution in [2.24, 2.45) is 0 Å². The van der Waals surface area contributed by atoms with Gasteiger partial charge in [0.2, 0.25) is 0 Å². The molecule has 0 radical (unpaired) electrons. The number of amides is 1. The lowest BCUT2D eigenvalue weighted by atomic mass is 10.0. The Hall–Kier alpha value is -4.43. The Bertz CT molecular complexity index is 1630. The highest BCUT2D eigenvalue weighted by Gasteiger charge is 2.29. The van der Waals surface area contributed by atoms with E-state index in [1.165, 1.54) is 28.6 Å². The number of hydrogen-bond donors (Lipinski definition) is 3. The summed E-state index contributed by atoms with van der Waals surface area (Å²) >= 11 is -2.51. The number of nitro groups is 1. The minimum absolute atomic E-state index is 0.141. The highest BCUT2D eigenvalue weighted by Crippen LogP contribution is 2.33. The normalized spacial score (nSPS) is 13.6. The summed E-state index contributed by atoms with van der Waals surface area (Å²) in [5.74, 6) is 0. The van der Waals surface area contributed by atoms with Crippen LogP contribution in [0.4, 0.5) is 16.2 Å². The maximum absolute atomic E-state index is 13.2. The highest BCUT2D eigenvalue weighted by molar-refractivity contribution is 7.80. The molecular formula is C31H34N4O8S. The van der Waals surface area contributed by atoms with Crippen LogP contribution in [0.25, 0.3) is 21.9 Å². The van der Waals surface area contributed by atoms with Gasteiger partial charge in [0, 0.05) is 41.8 Å². The van der Waals surface area contributed by atoms with Gasteiger partial charge in [-0.3, -0.25) is 24.0 Å². The number of nitro benzene ring substituents is 1. The first-order valence-corrected chi connectivity index (χ1v) is 14.8. The van der Waals surface area contributed by atoms with Crippen molar-refractivity contribution in [1.29, 1.82) is 0 Å². The highest BCUT2D eigenvalue weighted by atomic mass is 32.2. The molecule has 3 aromatic carbocycles. The molecule has 0 aliphatic rings. The predicted molar refractivity (Wildman–Crippen MR) is 167 cm³/mol. The Morgan fingerprint density at radius 3 is 2.32 bits per heavy atom. The van der Waals surface area contributed by atoms with Gasteiger partial charge in [-0.15, -0.1) is 0 Å². The first-order chi connectivity index (χ1) is 20.8. The molecule has 0 bridgehead atoms. The second-order valence-corrected chi connectivity index (χ2v) is 12.0. The maximum atomic E-state index is 13.2. The summed E-state index contributed by atoms with van der Waals surface area (Å²) in [6.45, 7) is 4.33. The van der Waals surface area contributed by atoms with Gasteiger partial charge in [0.15, 0.2) is 0 Å². The van der Waals surface area contributed by atoms with Crippen molar-refractivity contribution in [2.45, 2.75) is 38.6 Å². The largest absolute Gasteiger partial charge is 0.444 e. The van der Waals surface area contributed by atoms with Crippen molar-refractivity contribution >= 4 is 39.5 Å². The molecule has 4 rings (SSSR count). The smallest absolute Gasteiger partial charge is 0.410 e. The quantitative estimate of drug-likeness (QED) is 0.117. The molecule has 3 N–H and O–H groups in total. The van der Waals surface area contributed by atoms with Gasteiger partial charge in [-0.05, 0) is 67.8 Å². The number of carbonyl (C=O) groups excluding carboxylic acids is 1. The van der Waals surface area contributed by atoms with E-state index in [-0.39, 0.29) is 24.3 Å². The van der Waals surface area contributed by atoms with E-state index in [9.17, 15) is 33.9 Å². The first-order valence-electron chi connectivity index (χ1n) is 13.7. The molecule has 0 aliphatic carbocycles. The van der Waals surface area contributed by atoms with Gasteiger partial charge in [0.25, 0.3) is 17.0 Å². The third-order valence-corrected chi connectivity index (χ3v) is 7.49. The fraction of sp³-hybridized carbons (Fsp3) is 0.290. The zero-order valence-corrected chi connectivity index (χ0v) is 25.3. The summed E-state index contributed by atoms with van der Waals surface area (Å²) in [5, 5.41) is 34.1. The van der Waals surface area contributed by atoms with Crippen LogP contribution in [0, 0.1) is 10.1 Å². The van der Waals surface area contributed by atoms with E-state index >= 15 is 0 Å². The van der Waals surface area contributed by atoms with E-state index in [1.54, 1.807) is 45.3 Å². The summed E-state index contributed by atoms with van der Waals surface area (Å²) in [7, 11) is 0. The van der Waals surface area contributed by atoms with E-state index in [0.29, 0.717) is 11.1 Å². The molecule has 1 aromatic heterocycles. The molecule has 13 heteroatoms. The number of hydrogen-bond acceptors (Lipinski definition) is 8. The van der Waals surface area contributed by atoms with Crippen molar-refractivity contribution in [3.63, 3.8) is 0 Å². The van der Waals surface area contributed by atoms with Crippen LogP contribution in [0.5, 0.6) is 0 Å². The van der Waals surface area contributed by atoms with E-state index in [1.807, 2.05) is 36.4 Å². The number of nitrogens with zero attached hydrogens (tertiary/aromatic N) is 4. The van der Waals surface area contributed by atoms with Crippen molar-refractivity contribution in [2.75, 3.05) is 23.9 Å². The van der Waals surface area contributed by atoms with Gasteiger partial charge < -0.3 is 19.8 Å². The molecule has 3 atom stereocenters. The second kappa shape index (κ2) is 13.9. The van der Waals surface area contributed by atoms with Gasteiger partial charge in [-0.25, -0.2) is 9.00 Å². The molecule has 0 spiro atoms. The lowest BCUT2D eigenvalue weighted by molar-refractivity contribution is -0.384. The van der Waals surface area contributed by atoms with E-state index in [0.717, 1.165) is 21.4 Å². The molecule has 3 unspecified atom stereocenters. The summed E-state index contributed by atoms with van der Waals surface area (Å²) in [4.78, 5) is 29.0. The third kappa shape index (κ3) is 8.14. The van der Waals surface area contributed by atoms with Crippen molar-refractivity contribution in [3.05, 3.63) is 101 Å². The summed E-state index contributed by atoms with van der Waals surface area (Å²) in [5.41, 5.74) is 1.26. The zero-order chi connectivity index (χ0) is 32.0. The van der Waals surface area contributed by atoms with Gasteiger partial charge in [0.1, 0.15) is 17.8 Å². The molecule has 0 aliphatic heterocycles. The first kappa shape index (κ1) is 32.5. The van der Waals surface area contributed by atoms with Crippen LogP contribution in [-0.4, -0.2) is 71.2 Å². The topological polar surface area (TPSA) is 167 Å². The third-order valence-electron chi connectivity index (χ3n) is 6.74. The standard InChI is InChI=1S/C31H34N4O8S/c1-31(2,3)43-30(38)33(20-28(36)29(37)22-9-11-25(12-10-22)35(39)40)15-16-34(44(41)42)27-18-23(21-7-5-4-6-8-21)17-24-19-32-14-13-26(24)27/h4-14,17-19,28-29,36-37H,15-16,20H2,1-3H3,(H,41,42). The molecule has 44 heavy (non-hydrogen) atoms. The van der Waals surface area contributed by atoms with Crippen molar-refractivity contribution < 1.29 is 33.4 Å². The van der Waals surface area contributed by atoms with Crippen LogP contribution in [0.1, 0.15) is 32.4 Å². The predicted octanol–water partition coefficient (Wildman–Crippen LogP) is 5.08. The molecule has 0 saturated heterocycles. The Kier molecular flexibility index (Phi) is 10.3. The van der Waals surface area contributed by atoms with E-state index in [2.05, 4.69) is 4.98 Å². The molecule has 232 valence electrons. The molecule has 4 aromatic rings. The number of anilines is 1. The summed E-state index contributed by atoms with van der Waals surface area (Å²) in [6, 6.07) is 20.0. The van der Waals surface area contributed by atoms with E-state index < -0.39 is 46.6 Å². The number of ether oxygens (including phenoxy) is 1. The minimum atomic E-state index is -2.51. The molecular weight excluding hydrogens is 588 g/mol. The number of benzene rings is 3. The second-order valence-electron chi connectivity index (χ2n) is 11.1. The Morgan fingerprint density at radius 2 is 1.70 bits per heavy atom. The monoisotopic (exact) mass is 622 g/mol. The van der Waals surface area contributed by atoms with Gasteiger partial charge in [0.05, 0.1) is 23.7 Å². The molecule has 0 saturated carbocycles. The number of carbonyl (C=O) groups is 1. The zero-order valence-electron chi connectivity index (χ0n) is 24.4. The van der Waals surface area contributed by atoms with Crippen LogP contribution in [0.15, 0.2) is 85.2 Å². The fourth-order valence-corrected chi connectivity index (χ4v) is 5.17. The van der Waals surface area contributed by atoms with Crippen LogP contribution in [0.3, 0.4) is 0 Å². The van der Waals surface area contributed by atoms with Gasteiger partial charge in [-0.2, -0.15) is 0 Å². The number of non-ortho nitro benzene ring substituents is 1. The van der Waals surface area contributed by atoms with Gasteiger partial charge in [-0.1, -0.05) is 30.3 Å². The SMILES string of the molecule is CC(C)(C)OC(=O)N(CCN(c1cc(-c2ccccc2)cc2cnccc12)S(=O)O)CC(O)C(O)c1ccc([N+](=O)[O-])cc1. The molecule has 1 heterocycles. The Balaban J connectivity index is 1.63. The molecule has 1 amide bonds. The lowest BCUT2D eigenvalue weighted by Crippen LogP contribution is -2.46. The molecule has 12 nitrogen and oxygen atoms in total. The summed E-state index contributed by atoms with van der Waals surface area (Å²) < 4.78 is 29.9. The van der Waals surface area contributed by atoms with Crippen LogP contribution >= 0.6 is 0 Å². The van der Waals surface area contributed by atoms with Crippen LogP contribution in [0.2, 0.25) is 0 Å². The molecule has 0 fully saturated rings. The average molecular weight is 623 g/mol. The lowest BCUT2D eigenvalue weighted by Gasteiger charge is -2.32. The van der Waals surface area contributed by atoms with Gasteiger partial charge >= 0.3 is 6.09 Å². The minimum Gasteiger partial charge on any atom is -0.444 e. The number of aliphatic hydroxyl groups is 2. The summed E-state index contributed by atoms with van der Waals surface area (Å²) in [6.07, 6.45) is -0.557. The number of rotatable bonds is 11. The number of aromatic nitrogens is 1. The number of fused-ring (bicyclic) bond motifs is 1.